The molecule has 0 spiro atoms. The van der Waals surface area contributed by atoms with E-state index in [-0.39, 0.29) is 25.0 Å². The standard InChI is InChI=1S/C26H34N2O6.ClH/c1-6-33-26(30)25-17(2)24-20(28(25)3)8-7-9-22(24)34-16-19(29)15-27-13-12-18-10-11-21(31-4)23(14-18)32-5;/h7-11,14,19,27,29H,6,12-13,15-16H2,1-5H3;1H. The molecule has 192 valence electrons. The van der Waals surface area contributed by atoms with Crippen LogP contribution in [0.25, 0.3) is 10.9 Å². The lowest BCUT2D eigenvalue weighted by Crippen LogP contribution is -2.32. The van der Waals surface area contributed by atoms with Crippen molar-refractivity contribution in [3.8, 4) is 17.2 Å². The number of nitrogens with one attached hydrogen (secondary N) is 1. The monoisotopic (exact) mass is 506 g/mol. The number of methoxy groups -OCH3 is 2. The summed E-state index contributed by atoms with van der Waals surface area (Å²) in [5.41, 5.74) is 3.29. The number of aromatic nitrogens is 1. The van der Waals surface area contributed by atoms with Crippen LogP contribution in [0.4, 0.5) is 0 Å². The van der Waals surface area contributed by atoms with Gasteiger partial charge in [0, 0.05) is 19.0 Å². The first-order valence-corrected chi connectivity index (χ1v) is 11.4. The Hall–Kier alpha value is -2.94. The molecule has 9 heteroatoms. The lowest BCUT2D eigenvalue weighted by molar-refractivity contribution is 0.0515. The van der Waals surface area contributed by atoms with Crippen LogP contribution in [0, 0.1) is 6.92 Å². The SMILES string of the molecule is CCOC(=O)c1c(C)c2c(OCC(O)CNCCc3ccc(OC)c(OC)c3)cccc2n1C.Cl. The second kappa shape index (κ2) is 13.2. The number of benzene rings is 2. The molecule has 0 aliphatic rings. The van der Waals surface area contributed by atoms with Crippen LogP contribution in [0.3, 0.4) is 0 Å². The van der Waals surface area contributed by atoms with Crippen molar-refractivity contribution in [2.45, 2.75) is 26.4 Å². The van der Waals surface area contributed by atoms with Gasteiger partial charge in [0.1, 0.15) is 24.2 Å². The molecular weight excluding hydrogens is 472 g/mol. The molecule has 1 unspecified atom stereocenters. The van der Waals surface area contributed by atoms with E-state index in [9.17, 15) is 9.90 Å². The van der Waals surface area contributed by atoms with Gasteiger partial charge in [0.2, 0.25) is 0 Å². The molecule has 2 aromatic carbocycles. The van der Waals surface area contributed by atoms with Gasteiger partial charge < -0.3 is 33.9 Å². The largest absolute Gasteiger partial charge is 0.493 e. The highest BCUT2D eigenvalue weighted by molar-refractivity contribution is 6.01. The fourth-order valence-corrected chi connectivity index (χ4v) is 4.06. The second-order valence-corrected chi connectivity index (χ2v) is 8.01. The molecule has 0 bridgehead atoms. The first-order chi connectivity index (χ1) is 16.4. The van der Waals surface area contributed by atoms with Gasteiger partial charge in [-0.25, -0.2) is 4.79 Å². The smallest absolute Gasteiger partial charge is 0.355 e. The number of aryl methyl sites for hydroxylation is 2. The molecule has 0 radical (unpaired) electrons. The Bertz CT molecular complexity index is 1130. The summed E-state index contributed by atoms with van der Waals surface area (Å²) in [7, 11) is 5.06. The van der Waals surface area contributed by atoms with Gasteiger partial charge in [-0.2, -0.15) is 0 Å². The fraction of sp³-hybridized carbons (Fsp3) is 0.423. The van der Waals surface area contributed by atoms with Gasteiger partial charge in [-0.3, -0.25) is 0 Å². The van der Waals surface area contributed by atoms with Crippen LogP contribution in [-0.2, 0) is 18.2 Å². The van der Waals surface area contributed by atoms with Crippen LogP contribution in [0.1, 0.15) is 28.5 Å². The summed E-state index contributed by atoms with van der Waals surface area (Å²) in [6.45, 7) is 5.20. The van der Waals surface area contributed by atoms with Gasteiger partial charge in [-0.1, -0.05) is 12.1 Å². The Labute approximate surface area is 212 Å². The number of fused-ring (bicyclic) bond motifs is 1. The minimum Gasteiger partial charge on any atom is -0.493 e. The molecule has 1 heterocycles. The first kappa shape index (κ1) is 28.3. The quantitative estimate of drug-likeness (QED) is 0.286. The number of esters is 1. The highest BCUT2D eigenvalue weighted by Gasteiger charge is 2.22. The Morgan fingerprint density at radius 2 is 1.86 bits per heavy atom. The van der Waals surface area contributed by atoms with Crippen LogP contribution < -0.4 is 19.5 Å². The fourth-order valence-electron chi connectivity index (χ4n) is 4.06. The van der Waals surface area contributed by atoms with E-state index in [4.69, 9.17) is 18.9 Å². The van der Waals surface area contributed by atoms with E-state index < -0.39 is 6.10 Å². The predicted molar refractivity (Wildman–Crippen MR) is 138 cm³/mol. The molecule has 0 aliphatic carbocycles. The third-order valence-electron chi connectivity index (χ3n) is 5.75. The number of carbonyl (C=O) groups excluding carboxylic acids is 1. The Balaban J connectivity index is 0.00000432. The zero-order valence-electron chi connectivity index (χ0n) is 20.9. The van der Waals surface area contributed by atoms with Gasteiger partial charge in [0.05, 0.1) is 26.3 Å². The van der Waals surface area contributed by atoms with E-state index in [1.54, 1.807) is 21.1 Å². The Morgan fingerprint density at radius 3 is 2.54 bits per heavy atom. The topological polar surface area (TPSA) is 91.2 Å². The van der Waals surface area contributed by atoms with E-state index in [1.807, 2.05) is 54.9 Å². The first-order valence-electron chi connectivity index (χ1n) is 11.4. The molecule has 0 amide bonds. The molecule has 35 heavy (non-hydrogen) atoms. The normalized spacial score (nSPS) is 11.6. The third-order valence-corrected chi connectivity index (χ3v) is 5.75. The number of halogens is 1. The number of hydrogen-bond donors (Lipinski definition) is 2. The van der Waals surface area contributed by atoms with Crippen LogP contribution in [-0.4, -0.2) is 62.3 Å². The highest BCUT2D eigenvalue weighted by atomic mass is 35.5. The van der Waals surface area contributed by atoms with Crippen molar-refractivity contribution >= 4 is 29.3 Å². The summed E-state index contributed by atoms with van der Waals surface area (Å²) >= 11 is 0. The summed E-state index contributed by atoms with van der Waals surface area (Å²) in [6, 6.07) is 11.5. The minimum absolute atomic E-state index is 0. The highest BCUT2D eigenvalue weighted by Crippen LogP contribution is 2.33. The summed E-state index contributed by atoms with van der Waals surface area (Å²) in [5, 5.41) is 14.5. The van der Waals surface area contributed by atoms with Gasteiger partial charge in [-0.05, 0) is 62.2 Å². The average Bonchev–Trinajstić information content (AvgIpc) is 3.10. The molecule has 2 N–H and O–H groups in total. The maximum atomic E-state index is 12.4. The van der Waals surface area contributed by atoms with Gasteiger partial charge >= 0.3 is 5.97 Å². The van der Waals surface area contributed by atoms with Crippen LogP contribution in [0.5, 0.6) is 17.2 Å². The lowest BCUT2D eigenvalue weighted by Gasteiger charge is -2.15. The van der Waals surface area contributed by atoms with E-state index in [2.05, 4.69) is 5.32 Å². The zero-order valence-corrected chi connectivity index (χ0v) is 21.7. The average molecular weight is 507 g/mol. The molecule has 3 rings (SSSR count). The molecule has 1 aromatic heterocycles. The summed E-state index contributed by atoms with van der Waals surface area (Å²) < 4.78 is 23.6. The molecule has 1 atom stereocenters. The number of carbonyl (C=O) groups is 1. The summed E-state index contributed by atoms with van der Waals surface area (Å²) in [6.07, 6.45) is 0.0989. The van der Waals surface area contributed by atoms with Crippen molar-refractivity contribution in [1.82, 2.24) is 9.88 Å². The zero-order chi connectivity index (χ0) is 24.7. The number of nitrogens with zero attached hydrogens (tertiary/aromatic N) is 1. The number of aliphatic hydroxyl groups is 1. The maximum absolute atomic E-state index is 12.4. The van der Waals surface area contributed by atoms with Crippen molar-refractivity contribution in [2.24, 2.45) is 7.05 Å². The second-order valence-electron chi connectivity index (χ2n) is 8.01. The van der Waals surface area contributed by atoms with Crippen molar-refractivity contribution in [1.29, 1.82) is 0 Å². The molecule has 0 aliphatic heterocycles. The number of ether oxygens (including phenoxy) is 4. The van der Waals surface area contributed by atoms with Gasteiger partial charge in [0.15, 0.2) is 11.5 Å². The lowest BCUT2D eigenvalue weighted by atomic mass is 10.1. The van der Waals surface area contributed by atoms with Crippen LogP contribution in [0.15, 0.2) is 36.4 Å². The molecular formula is C26H35ClN2O6. The van der Waals surface area contributed by atoms with Crippen LogP contribution >= 0.6 is 12.4 Å². The van der Waals surface area contributed by atoms with Crippen molar-refractivity contribution in [3.63, 3.8) is 0 Å². The number of hydrogen-bond acceptors (Lipinski definition) is 7. The maximum Gasteiger partial charge on any atom is 0.355 e. The molecule has 8 nitrogen and oxygen atoms in total. The van der Waals surface area contributed by atoms with E-state index in [0.717, 1.165) is 28.5 Å². The summed E-state index contributed by atoms with van der Waals surface area (Å²) in [5.74, 6) is 1.67. The van der Waals surface area contributed by atoms with Crippen molar-refractivity contribution < 1.29 is 28.8 Å². The van der Waals surface area contributed by atoms with Gasteiger partial charge in [0.25, 0.3) is 0 Å². The number of rotatable bonds is 12. The van der Waals surface area contributed by atoms with E-state index in [1.165, 1.54) is 0 Å². The third kappa shape index (κ3) is 6.60. The van der Waals surface area contributed by atoms with Crippen LogP contribution in [0.2, 0.25) is 0 Å². The number of aliphatic hydroxyl groups excluding tert-OH is 1. The molecule has 0 fully saturated rings. The molecule has 0 saturated heterocycles. The molecule has 0 saturated carbocycles. The Kier molecular flexibility index (Phi) is 10.7. The molecule has 3 aromatic rings. The Morgan fingerprint density at radius 1 is 1.11 bits per heavy atom. The summed E-state index contributed by atoms with van der Waals surface area (Å²) in [4.78, 5) is 12.4. The predicted octanol–water partition coefficient (Wildman–Crippen LogP) is 3.67. The van der Waals surface area contributed by atoms with E-state index in [0.29, 0.717) is 42.6 Å². The van der Waals surface area contributed by atoms with Crippen molar-refractivity contribution in [2.75, 3.05) is 40.5 Å². The van der Waals surface area contributed by atoms with Gasteiger partial charge in [-0.15, -0.1) is 12.4 Å². The van der Waals surface area contributed by atoms with E-state index >= 15 is 0 Å². The minimum atomic E-state index is -0.686. The van der Waals surface area contributed by atoms with Crippen molar-refractivity contribution in [3.05, 3.63) is 53.2 Å².